The Morgan fingerprint density at radius 3 is 3.00 bits per heavy atom. The van der Waals surface area contributed by atoms with E-state index >= 15 is 0 Å². The summed E-state index contributed by atoms with van der Waals surface area (Å²) in [6.07, 6.45) is 0. The van der Waals surface area contributed by atoms with E-state index in [0.29, 0.717) is 5.92 Å². The van der Waals surface area contributed by atoms with Crippen molar-refractivity contribution in [1.82, 2.24) is 4.90 Å². The monoisotopic (exact) mass is 229 g/mol. The quantitative estimate of drug-likeness (QED) is 0.616. The SMILES string of the molecule is CN1CC2C[N-]CC2(N)C1.[Y]. The summed E-state index contributed by atoms with van der Waals surface area (Å²) in [4.78, 5) is 2.30. The van der Waals surface area contributed by atoms with Crippen LogP contribution >= 0.6 is 0 Å². The predicted molar refractivity (Wildman–Crippen MR) is 41.0 cm³/mol. The molecule has 1 radical (unpaired) electrons. The summed E-state index contributed by atoms with van der Waals surface area (Å²) in [6, 6.07) is 0. The average Bonchev–Trinajstić information content (AvgIpc) is 2.20. The fourth-order valence-corrected chi connectivity index (χ4v) is 2.10. The molecule has 2 aliphatic heterocycles. The first-order valence-corrected chi connectivity index (χ1v) is 3.81. The maximum absolute atomic E-state index is 6.12. The van der Waals surface area contributed by atoms with Crippen molar-refractivity contribution < 1.29 is 32.7 Å². The molecule has 0 aromatic heterocycles. The molecule has 0 saturated carbocycles. The van der Waals surface area contributed by atoms with Crippen molar-refractivity contribution in [3.63, 3.8) is 0 Å². The third-order valence-corrected chi connectivity index (χ3v) is 2.67. The molecule has 0 amide bonds. The number of hydrogen-bond donors (Lipinski definition) is 1. The molecule has 2 heterocycles. The third kappa shape index (κ3) is 1.68. The van der Waals surface area contributed by atoms with Crippen LogP contribution < -0.4 is 5.73 Å². The average molecular weight is 229 g/mol. The fourth-order valence-electron chi connectivity index (χ4n) is 2.10. The van der Waals surface area contributed by atoms with Gasteiger partial charge in [0.05, 0.1) is 0 Å². The smallest absolute Gasteiger partial charge is 0.0145 e. The maximum Gasteiger partial charge on any atom is 0.0145 e. The van der Waals surface area contributed by atoms with Crippen LogP contribution in [0.4, 0.5) is 0 Å². The minimum atomic E-state index is 0. The van der Waals surface area contributed by atoms with E-state index in [1.165, 1.54) is 0 Å². The largest absolute Gasteiger partial charge is 0.660 e. The number of likely N-dealkylation sites (tertiary alicyclic amines) is 1. The molecule has 3 nitrogen and oxygen atoms in total. The summed E-state index contributed by atoms with van der Waals surface area (Å²) in [6.45, 7) is 4.03. The van der Waals surface area contributed by atoms with Crippen molar-refractivity contribution in [3.8, 4) is 0 Å². The molecule has 2 fully saturated rings. The van der Waals surface area contributed by atoms with Crippen LogP contribution in [0.2, 0.25) is 0 Å². The van der Waals surface area contributed by atoms with Crippen LogP contribution in [0.1, 0.15) is 0 Å². The summed E-state index contributed by atoms with van der Waals surface area (Å²) < 4.78 is 0. The molecule has 61 valence electrons. The van der Waals surface area contributed by atoms with Crippen molar-refractivity contribution in [2.24, 2.45) is 11.7 Å². The Kier molecular flexibility index (Phi) is 3.10. The number of likely N-dealkylation sites (N-methyl/N-ethyl adjacent to an activating group) is 1. The first kappa shape index (κ1) is 10.1. The second-order valence-electron chi connectivity index (χ2n) is 3.69. The maximum atomic E-state index is 6.12. The van der Waals surface area contributed by atoms with E-state index in [1.807, 2.05) is 0 Å². The van der Waals surface area contributed by atoms with Gasteiger partial charge in [-0.25, -0.2) is 0 Å². The van der Waals surface area contributed by atoms with E-state index in [-0.39, 0.29) is 38.2 Å². The molecule has 4 heteroatoms. The van der Waals surface area contributed by atoms with E-state index in [0.717, 1.165) is 26.2 Å². The van der Waals surface area contributed by atoms with E-state index in [2.05, 4.69) is 17.3 Å². The van der Waals surface area contributed by atoms with E-state index < -0.39 is 0 Å². The molecule has 2 saturated heterocycles. The molecule has 2 unspecified atom stereocenters. The van der Waals surface area contributed by atoms with Gasteiger partial charge in [-0.1, -0.05) is 0 Å². The zero-order chi connectivity index (χ0) is 7.19. The number of hydrogen-bond acceptors (Lipinski definition) is 2. The summed E-state index contributed by atoms with van der Waals surface area (Å²) in [5.74, 6) is 0.637. The van der Waals surface area contributed by atoms with Crippen LogP contribution in [-0.2, 0) is 32.7 Å². The Labute approximate surface area is 93.0 Å². The molecule has 0 bridgehead atoms. The topological polar surface area (TPSA) is 43.4 Å². The summed E-state index contributed by atoms with van der Waals surface area (Å²) >= 11 is 0. The molecule has 0 aromatic carbocycles. The Morgan fingerprint density at radius 1 is 1.64 bits per heavy atom. The van der Waals surface area contributed by atoms with Gasteiger partial charge in [0.15, 0.2) is 0 Å². The van der Waals surface area contributed by atoms with Crippen LogP contribution in [0, 0.1) is 5.92 Å². The summed E-state index contributed by atoms with van der Waals surface area (Å²) in [5.41, 5.74) is 6.16. The summed E-state index contributed by atoms with van der Waals surface area (Å²) in [5, 5.41) is 4.32. The third-order valence-electron chi connectivity index (χ3n) is 2.67. The minimum absolute atomic E-state index is 0. The van der Waals surface area contributed by atoms with Crippen LogP contribution in [-0.4, -0.2) is 43.7 Å². The second kappa shape index (κ2) is 3.39. The first-order chi connectivity index (χ1) is 4.71. The van der Waals surface area contributed by atoms with Gasteiger partial charge < -0.3 is 16.0 Å². The Morgan fingerprint density at radius 2 is 2.36 bits per heavy atom. The second-order valence-corrected chi connectivity index (χ2v) is 3.69. The zero-order valence-corrected chi connectivity index (χ0v) is 9.79. The van der Waals surface area contributed by atoms with Gasteiger partial charge in [0, 0.05) is 51.3 Å². The standard InChI is InChI=1S/C7H14N3.Y/c1-10-3-6-2-9-4-7(6,8)5-10;/h6H,2-5,8H2,1H3;/q-1;. The molecule has 2 atom stereocenters. The Balaban J connectivity index is 0.000000605. The molecule has 11 heavy (non-hydrogen) atoms. The van der Waals surface area contributed by atoms with Gasteiger partial charge in [0.25, 0.3) is 0 Å². The fraction of sp³-hybridized carbons (Fsp3) is 1.00. The van der Waals surface area contributed by atoms with Crippen molar-refractivity contribution in [1.29, 1.82) is 0 Å². The van der Waals surface area contributed by atoms with E-state index in [9.17, 15) is 0 Å². The van der Waals surface area contributed by atoms with Gasteiger partial charge in [-0.3, -0.25) is 0 Å². The van der Waals surface area contributed by atoms with Gasteiger partial charge in [-0.15, -0.1) is 13.1 Å². The minimum Gasteiger partial charge on any atom is -0.660 e. The van der Waals surface area contributed by atoms with Gasteiger partial charge in [-0.05, 0) is 13.0 Å². The van der Waals surface area contributed by atoms with Crippen molar-refractivity contribution in [2.75, 3.05) is 33.2 Å². The van der Waals surface area contributed by atoms with Crippen LogP contribution in [0.3, 0.4) is 0 Å². The van der Waals surface area contributed by atoms with E-state index in [1.54, 1.807) is 0 Å². The Hall–Kier alpha value is 0.984. The van der Waals surface area contributed by atoms with Crippen molar-refractivity contribution in [2.45, 2.75) is 5.54 Å². The Bertz CT molecular complexity index is 153. The molecule has 0 aromatic rings. The van der Waals surface area contributed by atoms with Crippen molar-refractivity contribution in [3.05, 3.63) is 5.32 Å². The first-order valence-electron chi connectivity index (χ1n) is 3.81. The van der Waals surface area contributed by atoms with E-state index in [4.69, 9.17) is 5.73 Å². The number of nitrogens with zero attached hydrogens (tertiary/aromatic N) is 2. The normalized spacial score (nSPS) is 43.6. The number of nitrogens with two attached hydrogens (primary N) is 1. The predicted octanol–water partition coefficient (Wildman–Crippen LogP) is -0.370. The molecule has 0 spiro atoms. The van der Waals surface area contributed by atoms with Crippen LogP contribution in [0.25, 0.3) is 5.32 Å². The molecular weight excluding hydrogens is 215 g/mol. The molecule has 0 aliphatic carbocycles. The van der Waals surface area contributed by atoms with Crippen LogP contribution in [0.15, 0.2) is 0 Å². The zero-order valence-electron chi connectivity index (χ0n) is 6.95. The molecule has 2 rings (SSSR count). The van der Waals surface area contributed by atoms with Gasteiger partial charge in [0.1, 0.15) is 0 Å². The van der Waals surface area contributed by atoms with Gasteiger partial charge in [-0.2, -0.15) is 0 Å². The number of rotatable bonds is 0. The van der Waals surface area contributed by atoms with Crippen LogP contribution in [0.5, 0.6) is 0 Å². The van der Waals surface area contributed by atoms with Gasteiger partial charge in [0.2, 0.25) is 0 Å². The molecule has 2 N–H and O–H groups in total. The molecular formula is C7H14N3Y-. The summed E-state index contributed by atoms with van der Waals surface area (Å²) in [7, 11) is 2.13. The molecule has 2 aliphatic rings. The van der Waals surface area contributed by atoms with Gasteiger partial charge >= 0.3 is 0 Å². The number of fused-ring (bicyclic) bond motifs is 1. The van der Waals surface area contributed by atoms with Crippen molar-refractivity contribution >= 4 is 0 Å².